The molecule has 37 heavy (non-hydrogen) atoms. The summed E-state index contributed by atoms with van der Waals surface area (Å²) in [4.78, 5) is 63.3. The minimum Gasteiger partial charge on any atom is -0.466 e. The Morgan fingerprint density at radius 1 is 1.14 bits per heavy atom. The Balaban J connectivity index is 3.32. The van der Waals surface area contributed by atoms with E-state index in [0.717, 1.165) is 4.90 Å². The van der Waals surface area contributed by atoms with Crippen molar-refractivity contribution in [3.05, 3.63) is 35.4 Å². The van der Waals surface area contributed by atoms with Gasteiger partial charge in [-0.05, 0) is 52.2 Å². The highest BCUT2D eigenvalue weighted by Crippen LogP contribution is 2.25. The summed E-state index contributed by atoms with van der Waals surface area (Å²) in [5.74, 6) is -2.64. The summed E-state index contributed by atoms with van der Waals surface area (Å²) in [6.45, 7) is 8.52. The molecule has 1 rings (SSSR count). The number of nitrogens with two attached hydrogens (primary N) is 1. The average molecular weight is 517 g/mol. The zero-order valence-corrected chi connectivity index (χ0v) is 22.0. The Hall–Kier alpha value is -4.07. The first-order valence-electron chi connectivity index (χ1n) is 11.9. The van der Waals surface area contributed by atoms with Crippen molar-refractivity contribution in [2.75, 3.05) is 13.2 Å². The maximum absolute atomic E-state index is 13.6. The molecule has 1 aromatic rings. The Kier molecular flexibility index (Phi) is 12.1. The largest absolute Gasteiger partial charge is 0.466 e. The molecule has 0 aliphatic heterocycles. The fraction of sp³-hybridized carbons (Fsp3) is 0.500. The van der Waals surface area contributed by atoms with Gasteiger partial charge in [0.05, 0.1) is 13.0 Å². The predicted molar refractivity (Wildman–Crippen MR) is 135 cm³/mol. The molecule has 0 bridgehead atoms. The second-order valence-electron chi connectivity index (χ2n) is 9.15. The van der Waals surface area contributed by atoms with E-state index in [1.165, 1.54) is 0 Å². The van der Waals surface area contributed by atoms with E-state index >= 15 is 0 Å². The Morgan fingerprint density at radius 3 is 2.32 bits per heavy atom. The van der Waals surface area contributed by atoms with Crippen LogP contribution in [0.25, 0.3) is 0 Å². The molecule has 0 saturated carbocycles. The number of benzene rings is 1. The van der Waals surface area contributed by atoms with Crippen molar-refractivity contribution < 1.29 is 33.4 Å². The maximum atomic E-state index is 13.6. The molecular weight excluding hydrogens is 480 g/mol. The Morgan fingerprint density at radius 2 is 1.78 bits per heavy atom. The number of primary amides is 1. The normalized spacial score (nSPS) is 12.3. The summed E-state index contributed by atoms with van der Waals surface area (Å²) in [6, 6.07) is 6.47. The van der Waals surface area contributed by atoms with Crippen LogP contribution in [0.3, 0.4) is 0 Å². The van der Waals surface area contributed by atoms with Crippen molar-refractivity contribution in [2.24, 2.45) is 5.73 Å². The molecule has 4 N–H and O–H groups in total. The van der Waals surface area contributed by atoms with Crippen LogP contribution in [0.2, 0.25) is 0 Å². The molecule has 0 fully saturated rings. The maximum Gasteiger partial charge on any atom is 0.408 e. The van der Waals surface area contributed by atoms with Gasteiger partial charge in [0.15, 0.2) is 0 Å². The Bertz CT molecular complexity index is 1030. The van der Waals surface area contributed by atoms with Crippen LogP contribution >= 0.6 is 0 Å². The lowest BCUT2D eigenvalue weighted by Gasteiger charge is -2.31. The van der Waals surface area contributed by atoms with Crippen LogP contribution in [0.1, 0.15) is 64.1 Å². The van der Waals surface area contributed by atoms with E-state index in [2.05, 4.69) is 16.7 Å². The number of alkyl carbamates (subject to hydrolysis) is 1. The zero-order valence-electron chi connectivity index (χ0n) is 22.0. The number of carbonyl (C=O) groups excluding carboxylic acids is 5. The highest BCUT2D eigenvalue weighted by molar-refractivity contribution is 5.93. The van der Waals surface area contributed by atoms with Crippen molar-refractivity contribution in [3.63, 3.8) is 0 Å². The number of hydrogen-bond donors (Lipinski definition) is 3. The number of nitrogens with zero attached hydrogens (tertiary/aromatic N) is 1. The number of ether oxygens (including phenoxy) is 2. The minimum atomic E-state index is -1.31. The van der Waals surface area contributed by atoms with Gasteiger partial charge < -0.3 is 25.8 Å². The van der Waals surface area contributed by atoms with E-state index in [1.54, 1.807) is 58.9 Å². The van der Waals surface area contributed by atoms with E-state index in [-0.39, 0.29) is 32.4 Å². The van der Waals surface area contributed by atoms with Gasteiger partial charge in [-0.15, -0.1) is 0 Å². The number of hydrogen-bond acceptors (Lipinski definition) is 7. The van der Waals surface area contributed by atoms with Crippen LogP contribution in [0.5, 0.6) is 0 Å². The fourth-order valence-electron chi connectivity index (χ4n) is 3.34. The van der Waals surface area contributed by atoms with Crippen molar-refractivity contribution in [1.29, 1.82) is 0 Å². The van der Waals surface area contributed by atoms with Crippen molar-refractivity contribution in [2.45, 2.75) is 71.6 Å². The van der Waals surface area contributed by atoms with Gasteiger partial charge in [0.2, 0.25) is 11.8 Å². The second kappa shape index (κ2) is 14.5. The zero-order chi connectivity index (χ0) is 28.2. The Labute approximate surface area is 217 Å². The first-order chi connectivity index (χ1) is 17.3. The summed E-state index contributed by atoms with van der Waals surface area (Å²) in [5, 5.41) is 5.04. The van der Waals surface area contributed by atoms with E-state index in [0.29, 0.717) is 11.1 Å². The molecule has 202 valence electrons. The highest BCUT2D eigenvalue weighted by atomic mass is 16.6. The van der Waals surface area contributed by atoms with Crippen LogP contribution < -0.4 is 16.4 Å². The average Bonchev–Trinajstić information content (AvgIpc) is 2.79. The molecule has 0 aromatic heterocycles. The van der Waals surface area contributed by atoms with Crippen molar-refractivity contribution >= 4 is 29.8 Å². The smallest absolute Gasteiger partial charge is 0.408 e. The number of rotatable bonds is 12. The topological polar surface area (TPSA) is 157 Å². The second-order valence-corrected chi connectivity index (χ2v) is 9.15. The van der Waals surface area contributed by atoms with E-state index in [9.17, 15) is 24.0 Å². The van der Waals surface area contributed by atoms with Gasteiger partial charge in [-0.2, -0.15) is 0 Å². The highest BCUT2D eigenvalue weighted by Gasteiger charge is 2.36. The summed E-state index contributed by atoms with van der Waals surface area (Å²) in [6.07, 6.45) is 4.33. The molecule has 0 spiro atoms. The molecule has 0 heterocycles. The lowest BCUT2D eigenvalue weighted by Crippen LogP contribution is -2.52. The van der Waals surface area contributed by atoms with Crippen LogP contribution in [-0.4, -0.2) is 59.5 Å². The van der Waals surface area contributed by atoms with Gasteiger partial charge in [0.25, 0.3) is 5.91 Å². The third kappa shape index (κ3) is 10.6. The molecule has 2 atom stereocenters. The van der Waals surface area contributed by atoms with E-state index < -0.39 is 47.5 Å². The van der Waals surface area contributed by atoms with Crippen LogP contribution in [-0.2, 0) is 28.7 Å². The van der Waals surface area contributed by atoms with E-state index in [4.69, 9.17) is 21.6 Å². The number of esters is 1. The number of nitrogens with one attached hydrogen (secondary N) is 2. The van der Waals surface area contributed by atoms with Gasteiger partial charge in [-0.1, -0.05) is 30.7 Å². The molecule has 4 amide bonds. The van der Waals surface area contributed by atoms with Crippen LogP contribution in [0.4, 0.5) is 4.79 Å². The van der Waals surface area contributed by atoms with Crippen molar-refractivity contribution in [3.8, 4) is 12.5 Å². The van der Waals surface area contributed by atoms with Crippen LogP contribution in [0.15, 0.2) is 24.3 Å². The third-order valence-corrected chi connectivity index (χ3v) is 4.97. The number of aryl methyl sites for hydroxylation is 1. The van der Waals surface area contributed by atoms with Crippen LogP contribution in [0, 0.1) is 19.4 Å². The lowest BCUT2D eigenvalue weighted by atomic mass is 9.98. The molecule has 11 heteroatoms. The molecule has 1 aromatic carbocycles. The van der Waals surface area contributed by atoms with Gasteiger partial charge in [0, 0.05) is 19.0 Å². The van der Waals surface area contributed by atoms with Gasteiger partial charge in [-0.3, -0.25) is 24.1 Å². The number of amides is 4. The lowest BCUT2D eigenvalue weighted by molar-refractivity contribution is -0.143. The molecule has 0 aliphatic carbocycles. The standard InChI is InChI=1S/C26H36N4O7/c1-7-30(24(34)19(13-14-20(27)31)29-25(35)37-26(4,5)6)22(18-12-10-9-11-17(18)3)23(33)28-16-15-21(32)36-8-2/h1,9-12,19,22H,8,13-16H2,2-6H3,(H2,27,31)(H,28,33)(H,29,35). The molecular formula is C26H36N4O7. The predicted octanol–water partition coefficient (Wildman–Crippen LogP) is 1.68. The molecule has 2 unspecified atom stereocenters. The SMILES string of the molecule is C#CN(C(=O)C(CCC(N)=O)NC(=O)OC(C)(C)C)C(C(=O)NCCC(=O)OCC)c1ccccc1C. The van der Waals surface area contributed by atoms with Gasteiger partial charge in [-0.25, -0.2) is 4.79 Å². The quantitative estimate of drug-likeness (QED) is 0.217. The van der Waals surface area contributed by atoms with Gasteiger partial charge in [0.1, 0.15) is 17.7 Å². The summed E-state index contributed by atoms with van der Waals surface area (Å²) < 4.78 is 10.1. The summed E-state index contributed by atoms with van der Waals surface area (Å²) in [7, 11) is 0. The van der Waals surface area contributed by atoms with Gasteiger partial charge >= 0.3 is 12.1 Å². The molecule has 0 aliphatic rings. The monoisotopic (exact) mass is 516 g/mol. The fourth-order valence-corrected chi connectivity index (χ4v) is 3.34. The first kappa shape index (κ1) is 31.0. The number of carbonyl (C=O) groups is 5. The number of terminal acetylenes is 1. The first-order valence-corrected chi connectivity index (χ1v) is 11.9. The molecule has 0 saturated heterocycles. The molecule has 0 radical (unpaired) electrons. The molecule has 11 nitrogen and oxygen atoms in total. The van der Waals surface area contributed by atoms with E-state index in [1.807, 2.05) is 0 Å². The summed E-state index contributed by atoms with van der Waals surface area (Å²) >= 11 is 0. The third-order valence-electron chi connectivity index (χ3n) is 4.97. The minimum absolute atomic E-state index is 0.0477. The van der Waals surface area contributed by atoms with Crippen molar-refractivity contribution in [1.82, 2.24) is 15.5 Å². The summed E-state index contributed by atoms with van der Waals surface area (Å²) in [5.41, 5.74) is 5.51.